The zero-order valence-electron chi connectivity index (χ0n) is 14.6. The maximum atomic E-state index is 12.5. The zero-order valence-corrected chi connectivity index (χ0v) is 16.3. The molecule has 0 unspecified atom stereocenters. The maximum Gasteiger partial charge on any atom is 0.241 e. The fourth-order valence-electron chi connectivity index (χ4n) is 2.78. The van der Waals surface area contributed by atoms with Crippen molar-refractivity contribution >= 4 is 21.4 Å². The lowest BCUT2D eigenvalue weighted by atomic mass is 10.1. The van der Waals surface area contributed by atoms with Gasteiger partial charge in [0.25, 0.3) is 0 Å². The third-order valence-electron chi connectivity index (χ3n) is 4.12. The molecular weight excluding hydrogens is 366 g/mol. The van der Waals surface area contributed by atoms with Gasteiger partial charge in [0.15, 0.2) is 0 Å². The summed E-state index contributed by atoms with van der Waals surface area (Å²) in [5.74, 6) is 0. The number of hydrogen-bond donors (Lipinski definition) is 2. The van der Waals surface area contributed by atoms with E-state index in [0.717, 1.165) is 26.4 Å². The van der Waals surface area contributed by atoms with Gasteiger partial charge in [0, 0.05) is 16.3 Å². The average Bonchev–Trinajstić information content (AvgIpc) is 3.09. The first-order chi connectivity index (χ1) is 12.4. The summed E-state index contributed by atoms with van der Waals surface area (Å²) < 4.78 is 27.7. The van der Waals surface area contributed by atoms with E-state index in [1.54, 1.807) is 19.1 Å². The highest BCUT2D eigenvalue weighted by atomic mass is 32.2. The highest BCUT2D eigenvalue weighted by Gasteiger charge is 2.18. The summed E-state index contributed by atoms with van der Waals surface area (Å²) in [7, 11) is -3.57. The van der Waals surface area contributed by atoms with Crippen LogP contribution in [0.3, 0.4) is 0 Å². The standard InChI is InChI=1S/C20H21NO3S2/c1-14-8-11-19(15(2)12-14)26(23,24)21-13-17-9-10-18(25-17)20(22)16-6-4-3-5-7-16/h3-12,20-22H,13H2,1-2H3/t20-/m1/s1. The number of nitrogens with one attached hydrogen (secondary N) is 1. The minimum atomic E-state index is -3.57. The molecule has 1 heterocycles. The first kappa shape index (κ1) is 18.8. The molecule has 2 aromatic carbocycles. The van der Waals surface area contributed by atoms with Crippen LogP contribution in [0.15, 0.2) is 65.6 Å². The van der Waals surface area contributed by atoms with E-state index in [2.05, 4.69) is 4.72 Å². The summed E-state index contributed by atoms with van der Waals surface area (Å²) in [6.45, 7) is 3.92. The monoisotopic (exact) mass is 387 g/mol. The van der Waals surface area contributed by atoms with E-state index < -0.39 is 16.1 Å². The topological polar surface area (TPSA) is 66.4 Å². The second-order valence-electron chi connectivity index (χ2n) is 6.21. The van der Waals surface area contributed by atoms with Crippen molar-refractivity contribution < 1.29 is 13.5 Å². The van der Waals surface area contributed by atoms with Crippen molar-refractivity contribution in [1.29, 1.82) is 0 Å². The van der Waals surface area contributed by atoms with Gasteiger partial charge in [-0.25, -0.2) is 13.1 Å². The fraction of sp³-hybridized carbons (Fsp3) is 0.200. The highest BCUT2D eigenvalue weighted by molar-refractivity contribution is 7.89. The molecule has 26 heavy (non-hydrogen) atoms. The third-order valence-corrected chi connectivity index (χ3v) is 6.82. The Hall–Kier alpha value is -1.99. The molecule has 3 aromatic rings. The number of benzene rings is 2. The van der Waals surface area contributed by atoms with Crippen LogP contribution in [0.1, 0.15) is 32.5 Å². The molecule has 0 spiro atoms. The van der Waals surface area contributed by atoms with Crippen LogP contribution in [0.5, 0.6) is 0 Å². The van der Waals surface area contributed by atoms with Gasteiger partial charge in [-0.2, -0.15) is 0 Å². The smallest absolute Gasteiger partial charge is 0.241 e. The van der Waals surface area contributed by atoms with Crippen LogP contribution in [0, 0.1) is 13.8 Å². The summed E-state index contributed by atoms with van der Waals surface area (Å²) in [5, 5.41) is 10.4. The molecule has 2 N–H and O–H groups in total. The van der Waals surface area contributed by atoms with Gasteiger partial charge in [-0.1, -0.05) is 48.0 Å². The largest absolute Gasteiger partial charge is 0.383 e. The van der Waals surface area contributed by atoms with Gasteiger partial charge in [0.2, 0.25) is 10.0 Å². The minimum Gasteiger partial charge on any atom is -0.383 e. The molecule has 0 fully saturated rings. The van der Waals surface area contributed by atoms with Crippen LogP contribution in [-0.4, -0.2) is 13.5 Å². The molecule has 3 rings (SSSR count). The number of rotatable bonds is 6. The lowest BCUT2D eigenvalue weighted by molar-refractivity contribution is 0.224. The second-order valence-corrected chi connectivity index (χ2v) is 9.15. The molecule has 1 aromatic heterocycles. The molecule has 6 heteroatoms. The zero-order chi connectivity index (χ0) is 18.7. The quantitative estimate of drug-likeness (QED) is 0.674. The van der Waals surface area contributed by atoms with E-state index in [9.17, 15) is 13.5 Å². The van der Waals surface area contributed by atoms with E-state index in [0.29, 0.717) is 4.90 Å². The Labute approximate surface area is 158 Å². The van der Waals surface area contributed by atoms with E-state index in [1.165, 1.54) is 11.3 Å². The van der Waals surface area contributed by atoms with E-state index in [4.69, 9.17) is 0 Å². The Balaban J connectivity index is 1.71. The molecule has 0 aliphatic rings. The van der Waals surface area contributed by atoms with Crippen LogP contribution < -0.4 is 4.72 Å². The van der Waals surface area contributed by atoms with Crippen molar-refractivity contribution in [2.24, 2.45) is 0 Å². The fourth-order valence-corrected chi connectivity index (χ4v) is 5.07. The first-order valence-corrected chi connectivity index (χ1v) is 10.6. The molecule has 0 aliphatic carbocycles. The number of thiophene rings is 1. The number of sulfonamides is 1. The molecule has 136 valence electrons. The Kier molecular flexibility index (Phi) is 5.58. The molecule has 1 atom stereocenters. The Bertz CT molecular complexity index is 995. The van der Waals surface area contributed by atoms with Crippen LogP contribution in [0.25, 0.3) is 0 Å². The third kappa shape index (κ3) is 4.22. The molecule has 0 radical (unpaired) electrons. The van der Waals surface area contributed by atoms with Gasteiger partial charge < -0.3 is 5.11 Å². The van der Waals surface area contributed by atoms with E-state index in [-0.39, 0.29) is 6.54 Å². The molecule has 0 saturated carbocycles. The Morgan fingerprint density at radius 1 is 1.04 bits per heavy atom. The molecule has 0 amide bonds. The Morgan fingerprint density at radius 2 is 1.77 bits per heavy atom. The van der Waals surface area contributed by atoms with Crippen LogP contribution in [0.2, 0.25) is 0 Å². The van der Waals surface area contributed by atoms with Gasteiger partial charge >= 0.3 is 0 Å². The van der Waals surface area contributed by atoms with E-state index >= 15 is 0 Å². The highest BCUT2D eigenvalue weighted by Crippen LogP contribution is 2.28. The van der Waals surface area contributed by atoms with Gasteiger partial charge in [-0.3, -0.25) is 0 Å². The lowest BCUT2D eigenvalue weighted by Crippen LogP contribution is -2.23. The van der Waals surface area contributed by atoms with Gasteiger partial charge in [0.1, 0.15) is 6.10 Å². The van der Waals surface area contributed by atoms with Crippen molar-refractivity contribution in [3.63, 3.8) is 0 Å². The maximum absolute atomic E-state index is 12.5. The number of aryl methyl sites for hydroxylation is 2. The predicted molar refractivity (Wildman–Crippen MR) is 105 cm³/mol. The summed E-state index contributed by atoms with van der Waals surface area (Å²) in [4.78, 5) is 1.93. The number of hydrogen-bond acceptors (Lipinski definition) is 4. The second kappa shape index (κ2) is 7.72. The number of aliphatic hydroxyl groups is 1. The molecule has 0 aliphatic heterocycles. The molecular formula is C20H21NO3S2. The summed E-state index contributed by atoms with van der Waals surface area (Å²) in [6.07, 6.45) is -0.703. The lowest BCUT2D eigenvalue weighted by Gasteiger charge is -2.10. The summed E-state index contributed by atoms with van der Waals surface area (Å²) in [5.41, 5.74) is 2.57. The van der Waals surface area contributed by atoms with Gasteiger partial charge in [-0.15, -0.1) is 11.3 Å². The number of aliphatic hydroxyl groups excluding tert-OH is 1. The van der Waals surface area contributed by atoms with Crippen molar-refractivity contribution in [2.45, 2.75) is 31.4 Å². The van der Waals surface area contributed by atoms with Crippen LogP contribution in [0.4, 0.5) is 0 Å². The SMILES string of the molecule is Cc1ccc(S(=O)(=O)NCc2ccc([C@H](O)c3ccccc3)s2)c(C)c1. The summed E-state index contributed by atoms with van der Waals surface area (Å²) >= 11 is 1.40. The van der Waals surface area contributed by atoms with Crippen LogP contribution >= 0.6 is 11.3 Å². The predicted octanol–water partition coefficient (Wildman–Crippen LogP) is 3.93. The van der Waals surface area contributed by atoms with Crippen molar-refractivity contribution in [3.05, 3.63) is 87.1 Å². The average molecular weight is 388 g/mol. The first-order valence-electron chi connectivity index (χ1n) is 8.25. The Morgan fingerprint density at radius 3 is 2.46 bits per heavy atom. The van der Waals surface area contributed by atoms with Gasteiger partial charge in [-0.05, 0) is 43.2 Å². The molecule has 0 saturated heterocycles. The minimum absolute atomic E-state index is 0.196. The normalized spacial score (nSPS) is 12.9. The molecule has 4 nitrogen and oxygen atoms in total. The van der Waals surface area contributed by atoms with Crippen LogP contribution in [-0.2, 0) is 16.6 Å². The van der Waals surface area contributed by atoms with Crippen molar-refractivity contribution in [3.8, 4) is 0 Å². The van der Waals surface area contributed by atoms with E-state index in [1.807, 2.05) is 55.5 Å². The van der Waals surface area contributed by atoms with Crippen molar-refractivity contribution in [2.75, 3.05) is 0 Å². The van der Waals surface area contributed by atoms with Crippen molar-refractivity contribution in [1.82, 2.24) is 4.72 Å². The molecule has 0 bridgehead atoms. The van der Waals surface area contributed by atoms with Gasteiger partial charge in [0.05, 0.1) is 4.90 Å². The summed E-state index contributed by atoms with van der Waals surface area (Å²) in [6, 6.07) is 18.4.